The first-order chi connectivity index (χ1) is 7.63. The number of rotatable bonds is 3. The van der Waals surface area contributed by atoms with E-state index in [2.05, 4.69) is 27.9 Å². The first kappa shape index (κ1) is 12.4. The van der Waals surface area contributed by atoms with E-state index in [0.29, 0.717) is 0 Å². The van der Waals surface area contributed by atoms with E-state index in [-0.39, 0.29) is 0 Å². The average Bonchev–Trinajstić information content (AvgIpc) is 2.23. The second kappa shape index (κ2) is 5.45. The number of hydrogen-bond donors (Lipinski definition) is 1. The molecule has 0 fully saturated rings. The van der Waals surface area contributed by atoms with Crippen LogP contribution in [0, 0.1) is 13.8 Å². The molecule has 3 nitrogen and oxygen atoms in total. The summed E-state index contributed by atoms with van der Waals surface area (Å²) in [6.45, 7) is 7.80. The van der Waals surface area contributed by atoms with Crippen molar-refractivity contribution in [1.29, 1.82) is 0 Å². The van der Waals surface area contributed by atoms with Gasteiger partial charge in [0, 0.05) is 31.0 Å². The number of amidine groups is 1. The molecule has 0 atom stereocenters. The van der Waals surface area contributed by atoms with Gasteiger partial charge in [0.05, 0.1) is 0 Å². The number of aliphatic imine (C=N–C) groups is 1. The predicted octanol–water partition coefficient (Wildman–Crippen LogP) is 2.02. The smallest absolute Gasteiger partial charge is 0.129 e. The van der Waals surface area contributed by atoms with Crippen LogP contribution in [0.3, 0.4) is 0 Å². The summed E-state index contributed by atoms with van der Waals surface area (Å²) in [4.78, 5) is 8.72. The molecular formula is C13H19N3. The van der Waals surface area contributed by atoms with Crippen molar-refractivity contribution in [2.45, 2.75) is 20.3 Å². The van der Waals surface area contributed by atoms with Crippen molar-refractivity contribution in [1.82, 2.24) is 10.3 Å². The Balaban J connectivity index is 3.39. The van der Waals surface area contributed by atoms with Gasteiger partial charge in [0.25, 0.3) is 0 Å². The fourth-order valence-corrected chi connectivity index (χ4v) is 1.90. The molecule has 1 aromatic heterocycles. The molecule has 16 heavy (non-hydrogen) atoms. The zero-order valence-corrected chi connectivity index (χ0v) is 10.5. The lowest BCUT2D eigenvalue weighted by molar-refractivity contribution is 1.05. The van der Waals surface area contributed by atoms with Crippen LogP contribution in [-0.2, 0) is 6.42 Å². The molecule has 0 radical (unpaired) electrons. The van der Waals surface area contributed by atoms with Crippen LogP contribution in [0.5, 0.6) is 0 Å². The van der Waals surface area contributed by atoms with Crippen LogP contribution in [-0.4, -0.2) is 24.9 Å². The van der Waals surface area contributed by atoms with Crippen molar-refractivity contribution in [3.05, 3.63) is 41.2 Å². The Bertz CT molecular complexity index is 419. The van der Waals surface area contributed by atoms with Crippen molar-refractivity contribution in [3.8, 4) is 0 Å². The molecule has 0 unspecified atom stereocenters. The van der Waals surface area contributed by atoms with Crippen LogP contribution in [0.4, 0.5) is 0 Å². The molecule has 1 aromatic rings. The maximum atomic E-state index is 4.48. The lowest BCUT2D eigenvalue weighted by Gasteiger charge is -2.13. The van der Waals surface area contributed by atoms with E-state index in [1.54, 1.807) is 7.05 Å². The van der Waals surface area contributed by atoms with Gasteiger partial charge in [0.15, 0.2) is 0 Å². The molecule has 1 N–H and O–H groups in total. The number of aromatic nitrogens is 1. The van der Waals surface area contributed by atoms with Crippen LogP contribution in [0.1, 0.15) is 22.5 Å². The Hall–Kier alpha value is -1.64. The second-order valence-corrected chi connectivity index (χ2v) is 3.70. The normalized spacial score (nSPS) is 11.4. The highest BCUT2D eigenvalue weighted by Gasteiger charge is 2.11. The maximum Gasteiger partial charge on any atom is 0.129 e. The highest BCUT2D eigenvalue weighted by Crippen LogP contribution is 2.15. The number of hydrogen-bond acceptors (Lipinski definition) is 2. The molecule has 0 saturated heterocycles. The number of aryl methyl sites for hydroxylation is 2. The molecular weight excluding hydrogens is 198 g/mol. The van der Waals surface area contributed by atoms with E-state index in [0.717, 1.165) is 29.2 Å². The quantitative estimate of drug-likeness (QED) is 0.478. The Labute approximate surface area is 97.3 Å². The molecule has 1 heterocycles. The van der Waals surface area contributed by atoms with Crippen molar-refractivity contribution in [2.75, 3.05) is 14.1 Å². The number of pyridine rings is 1. The predicted molar refractivity (Wildman–Crippen MR) is 69.1 cm³/mol. The molecule has 3 heteroatoms. The molecule has 86 valence electrons. The minimum absolute atomic E-state index is 0.834. The number of allylic oxidation sites excluding steroid dienone is 1. The Morgan fingerprint density at radius 2 is 2.25 bits per heavy atom. The maximum absolute atomic E-state index is 4.48. The lowest BCUT2D eigenvalue weighted by atomic mass is 10.0. The number of nitrogens with one attached hydrogen (secondary N) is 1. The minimum Gasteiger partial charge on any atom is -0.373 e. The molecule has 0 aliphatic heterocycles. The molecule has 0 bridgehead atoms. The van der Waals surface area contributed by atoms with Gasteiger partial charge in [-0.1, -0.05) is 6.08 Å². The summed E-state index contributed by atoms with van der Waals surface area (Å²) in [6.07, 6.45) is 2.74. The van der Waals surface area contributed by atoms with Crippen LogP contribution in [0.2, 0.25) is 0 Å². The van der Waals surface area contributed by atoms with Gasteiger partial charge in [-0.3, -0.25) is 9.98 Å². The summed E-state index contributed by atoms with van der Waals surface area (Å²) in [5.74, 6) is 0.877. The Morgan fingerprint density at radius 3 is 2.75 bits per heavy atom. The van der Waals surface area contributed by atoms with Crippen molar-refractivity contribution < 1.29 is 0 Å². The summed E-state index contributed by atoms with van der Waals surface area (Å²) in [5.41, 5.74) is 4.35. The molecule has 0 aromatic carbocycles. The van der Waals surface area contributed by atoms with Gasteiger partial charge in [0.1, 0.15) is 5.84 Å². The SMILES string of the molecule is C=CCc1cc(C)nc(C)c1C(=NC)NC. The topological polar surface area (TPSA) is 37.3 Å². The standard InChI is InChI=1S/C13H19N3/c1-6-7-11-8-9(2)16-10(3)12(11)13(14-4)15-5/h6,8H,1,7H2,2-5H3,(H,14,15). The lowest BCUT2D eigenvalue weighted by Crippen LogP contribution is -2.23. The monoisotopic (exact) mass is 217 g/mol. The van der Waals surface area contributed by atoms with Gasteiger partial charge in [-0.2, -0.15) is 0 Å². The van der Waals surface area contributed by atoms with Gasteiger partial charge >= 0.3 is 0 Å². The van der Waals surface area contributed by atoms with Gasteiger partial charge < -0.3 is 5.32 Å². The molecule has 0 aliphatic carbocycles. The zero-order valence-electron chi connectivity index (χ0n) is 10.5. The van der Waals surface area contributed by atoms with E-state index in [4.69, 9.17) is 0 Å². The fraction of sp³-hybridized carbons (Fsp3) is 0.385. The Morgan fingerprint density at radius 1 is 1.56 bits per heavy atom. The first-order valence-electron chi connectivity index (χ1n) is 5.37. The fourth-order valence-electron chi connectivity index (χ4n) is 1.90. The average molecular weight is 217 g/mol. The summed E-state index contributed by atoms with van der Waals surface area (Å²) >= 11 is 0. The van der Waals surface area contributed by atoms with Crippen molar-refractivity contribution in [3.63, 3.8) is 0 Å². The third-order valence-corrected chi connectivity index (χ3v) is 2.47. The van der Waals surface area contributed by atoms with Gasteiger partial charge in [0.2, 0.25) is 0 Å². The largest absolute Gasteiger partial charge is 0.373 e. The van der Waals surface area contributed by atoms with Crippen molar-refractivity contribution in [2.24, 2.45) is 4.99 Å². The van der Waals surface area contributed by atoms with Crippen LogP contribution in [0.25, 0.3) is 0 Å². The Kier molecular flexibility index (Phi) is 4.23. The molecule has 0 aliphatic rings. The van der Waals surface area contributed by atoms with E-state index < -0.39 is 0 Å². The highest BCUT2D eigenvalue weighted by atomic mass is 15.0. The molecule has 1 rings (SSSR count). The third-order valence-electron chi connectivity index (χ3n) is 2.47. The van der Waals surface area contributed by atoms with E-state index in [1.165, 1.54) is 5.56 Å². The van der Waals surface area contributed by atoms with Crippen LogP contribution >= 0.6 is 0 Å². The summed E-state index contributed by atoms with van der Waals surface area (Å²) in [7, 11) is 3.65. The minimum atomic E-state index is 0.834. The van der Waals surface area contributed by atoms with Gasteiger partial charge in [-0.15, -0.1) is 6.58 Å². The van der Waals surface area contributed by atoms with Crippen LogP contribution in [0.15, 0.2) is 23.7 Å². The zero-order chi connectivity index (χ0) is 12.1. The first-order valence-corrected chi connectivity index (χ1v) is 5.37. The summed E-state index contributed by atoms with van der Waals surface area (Å²) < 4.78 is 0. The van der Waals surface area contributed by atoms with E-state index in [1.807, 2.05) is 27.0 Å². The summed E-state index contributed by atoms with van der Waals surface area (Å²) in [6, 6.07) is 2.09. The highest BCUT2D eigenvalue weighted by molar-refractivity contribution is 6.00. The second-order valence-electron chi connectivity index (χ2n) is 3.70. The summed E-state index contributed by atoms with van der Waals surface area (Å²) in [5, 5.41) is 3.10. The van der Waals surface area contributed by atoms with Crippen LogP contribution < -0.4 is 5.32 Å². The van der Waals surface area contributed by atoms with E-state index >= 15 is 0 Å². The van der Waals surface area contributed by atoms with Crippen molar-refractivity contribution >= 4 is 5.84 Å². The van der Waals surface area contributed by atoms with Gasteiger partial charge in [-0.25, -0.2) is 0 Å². The molecule has 0 saturated carbocycles. The third kappa shape index (κ3) is 2.48. The molecule has 0 amide bonds. The van der Waals surface area contributed by atoms with Gasteiger partial charge in [-0.05, 0) is 31.9 Å². The molecule has 0 spiro atoms. The number of nitrogens with zero attached hydrogens (tertiary/aromatic N) is 2. The van der Waals surface area contributed by atoms with E-state index in [9.17, 15) is 0 Å².